The van der Waals surface area contributed by atoms with Gasteiger partial charge >= 0.3 is 0 Å². The maximum absolute atomic E-state index is 11.9. The van der Waals surface area contributed by atoms with Gasteiger partial charge in [-0.1, -0.05) is 16.8 Å². The van der Waals surface area contributed by atoms with Crippen LogP contribution in [-0.2, 0) is 0 Å². The maximum atomic E-state index is 11.9. The van der Waals surface area contributed by atoms with Gasteiger partial charge in [0.05, 0.1) is 5.69 Å². The van der Waals surface area contributed by atoms with Crippen LogP contribution in [0.5, 0.6) is 0 Å². The number of nitrogens with zero attached hydrogens (tertiary/aromatic N) is 2. The Bertz CT molecular complexity index is 593. The fourth-order valence-electron chi connectivity index (χ4n) is 1.62. The van der Waals surface area contributed by atoms with Gasteiger partial charge in [-0.3, -0.25) is 4.79 Å². The van der Waals surface area contributed by atoms with Gasteiger partial charge in [-0.05, 0) is 25.0 Å². The van der Waals surface area contributed by atoms with Crippen LogP contribution in [0.3, 0.4) is 0 Å². The van der Waals surface area contributed by atoms with Crippen LogP contribution in [0.4, 0.5) is 5.69 Å². The maximum Gasteiger partial charge on any atom is 0.277 e. The summed E-state index contributed by atoms with van der Waals surface area (Å²) in [5.74, 6) is 0.860. The van der Waals surface area contributed by atoms with Crippen LogP contribution < -0.4 is 5.32 Å². The van der Waals surface area contributed by atoms with Crippen LogP contribution in [-0.4, -0.2) is 16.0 Å². The largest absolute Gasteiger partial charge is 0.360 e. The molecule has 18 heavy (non-hydrogen) atoms. The third-order valence-electron chi connectivity index (χ3n) is 2.75. The Morgan fingerprint density at radius 2 is 2.33 bits per heavy atom. The number of halogens is 1. The lowest BCUT2D eigenvalue weighted by molar-refractivity contribution is 0.101. The van der Waals surface area contributed by atoms with Crippen LogP contribution in [0.25, 0.3) is 0 Å². The Kier molecular flexibility index (Phi) is 2.76. The first kappa shape index (κ1) is 11.2. The van der Waals surface area contributed by atoms with Crippen LogP contribution in [0, 0.1) is 0 Å². The molecule has 1 saturated carbocycles. The van der Waals surface area contributed by atoms with E-state index in [1.807, 2.05) is 0 Å². The summed E-state index contributed by atoms with van der Waals surface area (Å²) in [4.78, 5) is 15.8. The standard InChI is InChI=1S/C12H10ClN3O2/c13-11-8(2-1-5-14-11)15-12(17)9-6-10(18-16-9)7-3-4-7/h1-2,5-7H,3-4H2,(H,15,17). The highest BCUT2D eigenvalue weighted by Crippen LogP contribution is 2.40. The number of amides is 1. The molecule has 2 heterocycles. The van der Waals surface area contributed by atoms with Crippen molar-refractivity contribution in [3.8, 4) is 0 Å². The van der Waals surface area contributed by atoms with Crippen molar-refractivity contribution in [3.05, 3.63) is 41.0 Å². The van der Waals surface area contributed by atoms with Gasteiger partial charge in [0.1, 0.15) is 5.76 Å². The molecule has 92 valence electrons. The molecule has 6 heteroatoms. The number of nitrogens with one attached hydrogen (secondary N) is 1. The zero-order valence-electron chi connectivity index (χ0n) is 9.39. The molecule has 1 aliphatic rings. The second-order valence-electron chi connectivity index (χ2n) is 4.18. The first-order valence-corrected chi connectivity index (χ1v) is 6.00. The summed E-state index contributed by atoms with van der Waals surface area (Å²) in [5, 5.41) is 6.64. The van der Waals surface area contributed by atoms with Crippen molar-refractivity contribution in [2.75, 3.05) is 5.32 Å². The minimum absolute atomic E-state index is 0.247. The lowest BCUT2D eigenvalue weighted by Gasteiger charge is -2.03. The van der Waals surface area contributed by atoms with Crippen LogP contribution in [0.1, 0.15) is 35.0 Å². The first-order valence-electron chi connectivity index (χ1n) is 5.62. The van der Waals surface area contributed by atoms with Crippen LogP contribution in [0.15, 0.2) is 28.9 Å². The Labute approximate surface area is 108 Å². The molecule has 1 aliphatic carbocycles. The van der Waals surface area contributed by atoms with Gasteiger partial charge in [-0.25, -0.2) is 4.98 Å². The van der Waals surface area contributed by atoms with Gasteiger partial charge in [0, 0.05) is 18.2 Å². The van der Waals surface area contributed by atoms with Gasteiger partial charge in [-0.2, -0.15) is 0 Å². The first-order chi connectivity index (χ1) is 8.74. The summed E-state index contributed by atoms with van der Waals surface area (Å²) in [6.45, 7) is 0. The van der Waals surface area contributed by atoms with Gasteiger partial charge < -0.3 is 9.84 Å². The molecule has 2 aromatic rings. The Hall–Kier alpha value is -1.88. The molecule has 1 amide bonds. The van der Waals surface area contributed by atoms with Crippen LogP contribution in [0.2, 0.25) is 5.15 Å². The van der Waals surface area contributed by atoms with E-state index in [1.54, 1.807) is 24.4 Å². The van der Waals surface area contributed by atoms with E-state index in [0.717, 1.165) is 18.6 Å². The third kappa shape index (κ3) is 2.22. The highest BCUT2D eigenvalue weighted by molar-refractivity contribution is 6.32. The molecule has 0 aromatic carbocycles. The van der Waals surface area contributed by atoms with E-state index in [9.17, 15) is 4.79 Å². The van der Waals surface area contributed by atoms with Crippen molar-refractivity contribution >= 4 is 23.2 Å². The fourth-order valence-corrected chi connectivity index (χ4v) is 1.79. The van der Waals surface area contributed by atoms with E-state index in [2.05, 4.69) is 15.5 Å². The SMILES string of the molecule is O=C(Nc1cccnc1Cl)c1cc(C2CC2)on1. The Balaban J connectivity index is 1.76. The molecule has 5 nitrogen and oxygen atoms in total. The number of carbonyl (C=O) groups is 1. The zero-order chi connectivity index (χ0) is 12.5. The molecular weight excluding hydrogens is 254 g/mol. The van der Waals surface area contributed by atoms with Crippen molar-refractivity contribution in [2.24, 2.45) is 0 Å². The summed E-state index contributed by atoms with van der Waals surface area (Å²) in [7, 11) is 0. The van der Waals surface area contributed by atoms with Crippen LogP contribution >= 0.6 is 11.6 Å². The predicted molar refractivity (Wildman–Crippen MR) is 65.7 cm³/mol. The number of rotatable bonds is 3. The average molecular weight is 264 g/mol. The number of hydrogen-bond acceptors (Lipinski definition) is 4. The molecule has 0 spiro atoms. The Morgan fingerprint density at radius 1 is 1.50 bits per heavy atom. The molecule has 0 saturated heterocycles. The number of carbonyl (C=O) groups excluding carboxylic acids is 1. The normalized spacial score (nSPS) is 14.5. The minimum Gasteiger partial charge on any atom is -0.360 e. The van der Waals surface area contributed by atoms with E-state index >= 15 is 0 Å². The van der Waals surface area contributed by atoms with Gasteiger partial charge in [0.15, 0.2) is 10.8 Å². The van der Waals surface area contributed by atoms with Crippen molar-refractivity contribution in [2.45, 2.75) is 18.8 Å². The highest BCUT2D eigenvalue weighted by Gasteiger charge is 2.28. The summed E-state index contributed by atoms with van der Waals surface area (Å²) in [6, 6.07) is 5.05. The van der Waals surface area contributed by atoms with Crippen molar-refractivity contribution in [3.63, 3.8) is 0 Å². The molecule has 1 N–H and O–H groups in total. The van der Waals surface area contributed by atoms with E-state index in [1.165, 1.54) is 0 Å². The van der Waals surface area contributed by atoms with E-state index in [4.69, 9.17) is 16.1 Å². The van der Waals surface area contributed by atoms with Crippen molar-refractivity contribution < 1.29 is 9.32 Å². The number of aromatic nitrogens is 2. The number of anilines is 1. The summed E-state index contributed by atoms with van der Waals surface area (Å²) < 4.78 is 5.12. The second kappa shape index (κ2) is 4.42. The average Bonchev–Trinajstić information content (AvgIpc) is 3.10. The van der Waals surface area contributed by atoms with Crippen molar-refractivity contribution in [1.82, 2.24) is 10.1 Å². The lowest BCUT2D eigenvalue weighted by atomic mass is 10.2. The fraction of sp³-hybridized carbons (Fsp3) is 0.250. The monoisotopic (exact) mass is 263 g/mol. The van der Waals surface area contributed by atoms with E-state index < -0.39 is 0 Å². The van der Waals surface area contributed by atoms with E-state index in [0.29, 0.717) is 11.6 Å². The number of pyridine rings is 1. The molecule has 0 bridgehead atoms. The topological polar surface area (TPSA) is 68.0 Å². The zero-order valence-corrected chi connectivity index (χ0v) is 10.1. The summed E-state index contributed by atoms with van der Waals surface area (Å²) in [5.41, 5.74) is 0.719. The predicted octanol–water partition coefficient (Wildman–Crippen LogP) is 2.85. The van der Waals surface area contributed by atoms with Gasteiger partial charge in [-0.15, -0.1) is 0 Å². The third-order valence-corrected chi connectivity index (χ3v) is 3.05. The second-order valence-corrected chi connectivity index (χ2v) is 4.54. The summed E-state index contributed by atoms with van der Waals surface area (Å²) in [6.07, 6.45) is 3.76. The number of hydrogen-bond donors (Lipinski definition) is 1. The van der Waals surface area contributed by atoms with Gasteiger partial charge in [0.2, 0.25) is 0 Å². The quantitative estimate of drug-likeness (QED) is 0.865. The molecule has 0 atom stereocenters. The molecule has 2 aromatic heterocycles. The molecule has 0 unspecified atom stereocenters. The Morgan fingerprint density at radius 3 is 3.06 bits per heavy atom. The molecule has 0 aliphatic heterocycles. The molecule has 1 fully saturated rings. The molecule has 0 radical (unpaired) electrons. The summed E-state index contributed by atoms with van der Waals surface area (Å²) >= 11 is 5.85. The molecule has 3 rings (SSSR count). The minimum atomic E-state index is -0.347. The smallest absolute Gasteiger partial charge is 0.277 e. The molecular formula is C12H10ClN3O2. The lowest BCUT2D eigenvalue weighted by Crippen LogP contribution is -2.12. The van der Waals surface area contributed by atoms with Gasteiger partial charge in [0.25, 0.3) is 5.91 Å². The highest BCUT2D eigenvalue weighted by atomic mass is 35.5. The van der Waals surface area contributed by atoms with Crippen molar-refractivity contribution in [1.29, 1.82) is 0 Å². The van der Waals surface area contributed by atoms with E-state index in [-0.39, 0.29) is 16.8 Å².